The van der Waals surface area contributed by atoms with Crippen LogP contribution in [0.15, 0.2) is 53.7 Å². The van der Waals surface area contributed by atoms with Gasteiger partial charge < -0.3 is 4.90 Å². The number of aromatic amines is 1. The van der Waals surface area contributed by atoms with Crippen molar-refractivity contribution in [3.63, 3.8) is 0 Å². The molecule has 26 heavy (non-hydrogen) atoms. The third-order valence-electron chi connectivity index (χ3n) is 3.85. The van der Waals surface area contributed by atoms with Gasteiger partial charge in [-0.15, -0.1) is 5.10 Å². The molecular formula is C19H19ClN4OS. The van der Waals surface area contributed by atoms with Crippen molar-refractivity contribution < 1.29 is 4.79 Å². The van der Waals surface area contributed by atoms with E-state index in [1.165, 1.54) is 17.3 Å². The summed E-state index contributed by atoms with van der Waals surface area (Å²) in [5.41, 5.74) is 3.16. The Labute approximate surface area is 161 Å². The molecule has 1 amide bonds. The summed E-state index contributed by atoms with van der Waals surface area (Å²) in [6, 6.07) is 15.6. The Hall–Kier alpha value is -2.31. The maximum Gasteiger partial charge on any atom is 0.233 e. The fourth-order valence-electron chi connectivity index (χ4n) is 2.39. The lowest BCUT2D eigenvalue weighted by molar-refractivity contribution is -0.127. The number of nitrogens with zero attached hydrogens (tertiary/aromatic N) is 3. The lowest BCUT2D eigenvalue weighted by Crippen LogP contribution is -2.27. The summed E-state index contributed by atoms with van der Waals surface area (Å²) in [4.78, 5) is 18.4. The zero-order chi connectivity index (χ0) is 18.5. The van der Waals surface area contributed by atoms with Crippen LogP contribution in [0.5, 0.6) is 0 Å². The monoisotopic (exact) mass is 386 g/mol. The van der Waals surface area contributed by atoms with Crippen LogP contribution >= 0.6 is 23.4 Å². The van der Waals surface area contributed by atoms with Crippen LogP contribution in [0.3, 0.4) is 0 Å². The van der Waals surface area contributed by atoms with Gasteiger partial charge in [-0.05, 0) is 24.6 Å². The first-order valence-electron chi connectivity index (χ1n) is 8.12. The first kappa shape index (κ1) is 18.5. The van der Waals surface area contributed by atoms with Gasteiger partial charge in [0.15, 0.2) is 5.82 Å². The number of rotatable bonds is 6. The van der Waals surface area contributed by atoms with E-state index in [2.05, 4.69) is 15.2 Å². The molecule has 3 rings (SSSR count). The third kappa shape index (κ3) is 4.86. The zero-order valence-electron chi connectivity index (χ0n) is 14.6. The predicted molar refractivity (Wildman–Crippen MR) is 105 cm³/mol. The third-order valence-corrected chi connectivity index (χ3v) is 4.92. The number of halogens is 1. The van der Waals surface area contributed by atoms with Crippen molar-refractivity contribution in [3.8, 4) is 11.4 Å². The van der Waals surface area contributed by atoms with Gasteiger partial charge in [-0.1, -0.05) is 65.3 Å². The number of hydrogen-bond acceptors (Lipinski definition) is 4. The molecule has 1 aromatic heterocycles. The van der Waals surface area contributed by atoms with Crippen LogP contribution in [0.1, 0.15) is 11.1 Å². The second kappa shape index (κ2) is 8.38. The van der Waals surface area contributed by atoms with Crippen LogP contribution in [-0.4, -0.2) is 38.8 Å². The predicted octanol–water partition coefficient (Wildman–Crippen LogP) is 4.18. The Morgan fingerprint density at radius 3 is 2.73 bits per heavy atom. The highest BCUT2D eigenvalue weighted by Gasteiger charge is 2.13. The molecule has 0 saturated carbocycles. The molecule has 2 aromatic carbocycles. The van der Waals surface area contributed by atoms with Crippen LogP contribution < -0.4 is 0 Å². The van der Waals surface area contributed by atoms with Gasteiger partial charge in [0.1, 0.15) is 0 Å². The molecule has 5 nitrogen and oxygen atoms in total. The maximum atomic E-state index is 12.3. The van der Waals surface area contributed by atoms with Crippen molar-refractivity contribution in [1.29, 1.82) is 0 Å². The number of thioether (sulfide) groups is 1. The largest absolute Gasteiger partial charge is 0.341 e. The summed E-state index contributed by atoms with van der Waals surface area (Å²) < 4.78 is 0. The fraction of sp³-hybridized carbons (Fsp3) is 0.211. The van der Waals surface area contributed by atoms with E-state index in [1.807, 2.05) is 55.5 Å². The van der Waals surface area contributed by atoms with Crippen molar-refractivity contribution in [1.82, 2.24) is 20.1 Å². The Kier molecular flexibility index (Phi) is 5.96. The Morgan fingerprint density at radius 1 is 1.23 bits per heavy atom. The van der Waals surface area contributed by atoms with Gasteiger partial charge in [-0.3, -0.25) is 9.89 Å². The minimum absolute atomic E-state index is 0.0108. The second-order valence-corrected chi connectivity index (χ2v) is 7.38. The van der Waals surface area contributed by atoms with Gasteiger partial charge in [0.05, 0.1) is 5.75 Å². The molecule has 0 unspecified atom stereocenters. The molecule has 0 atom stereocenters. The highest BCUT2D eigenvalue weighted by atomic mass is 35.5. The summed E-state index contributed by atoms with van der Waals surface area (Å²) in [5.74, 6) is 0.992. The minimum atomic E-state index is 0.0108. The summed E-state index contributed by atoms with van der Waals surface area (Å²) in [6.45, 7) is 2.56. The van der Waals surface area contributed by atoms with Crippen molar-refractivity contribution in [2.24, 2.45) is 0 Å². The molecule has 0 saturated heterocycles. The van der Waals surface area contributed by atoms with E-state index in [0.717, 1.165) is 11.1 Å². The van der Waals surface area contributed by atoms with E-state index < -0.39 is 0 Å². The van der Waals surface area contributed by atoms with Crippen molar-refractivity contribution in [3.05, 3.63) is 64.7 Å². The molecule has 0 aliphatic heterocycles. The Morgan fingerprint density at radius 2 is 2.00 bits per heavy atom. The van der Waals surface area contributed by atoms with E-state index in [4.69, 9.17) is 11.6 Å². The zero-order valence-corrected chi connectivity index (χ0v) is 16.1. The van der Waals surface area contributed by atoms with E-state index in [0.29, 0.717) is 22.5 Å². The maximum absolute atomic E-state index is 12.3. The summed E-state index contributed by atoms with van der Waals surface area (Å²) in [5, 5.41) is 8.33. The van der Waals surface area contributed by atoms with Gasteiger partial charge in [-0.2, -0.15) is 0 Å². The summed E-state index contributed by atoms with van der Waals surface area (Å²) in [7, 11) is 1.78. The molecule has 0 aliphatic carbocycles. The normalized spacial score (nSPS) is 10.7. The van der Waals surface area contributed by atoms with E-state index in [1.54, 1.807) is 11.9 Å². The summed E-state index contributed by atoms with van der Waals surface area (Å²) >= 11 is 7.30. The summed E-state index contributed by atoms with van der Waals surface area (Å²) in [6.07, 6.45) is 0. The van der Waals surface area contributed by atoms with Gasteiger partial charge in [0.2, 0.25) is 11.1 Å². The molecule has 1 N–H and O–H groups in total. The van der Waals surface area contributed by atoms with Crippen LogP contribution in [0.2, 0.25) is 5.02 Å². The first-order valence-corrected chi connectivity index (χ1v) is 9.48. The number of carbonyl (C=O) groups excluding carboxylic acids is 1. The molecular weight excluding hydrogens is 368 g/mol. The first-order chi connectivity index (χ1) is 12.5. The molecule has 1 heterocycles. The average molecular weight is 387 g/mol. The van der Waals surface area contributed by atoms with Crippen LogP contribution in [0, 0.1) is 6.92 Å². The SMILES string of the molecule is Cc1ccc(-c2nc(SCC(=O)N(C)Cc3cccc(Cl)c3)n[nH]2)cc1. The second-order valence-electron chi connectivity index (χ2n) is 6.00. The van der Waals surface area contributed by atoms with Gasteiger partial charge in [0.25, 0.3) is 0 Å². The lowest BCUT2D eigenvalue weighted by atomic mass is 10.1. The highest BCUT2D eigenvalue weighted by molar-refractivity contribution is 7.99. The van der Waals surface area contributed by atoms with E-state index >= 15 is 0 Å². The number of aromatic nitrogens is 3. The molecule has 3 aromatic rings. The number of H-pyrrole nitrogens is 1. The van der Waals surface area contributed by atoms with Crippen LogP contribution in [-0.2, 0) is 11.3 Å². The number of nitrogens with one attached hydrogen (secondary N) is 1. The number of carbonyl (C=O) groups is 1. The van der Waals surface area contributed by atoms with E-state index in [9.17, 15) is 4.79 Å². The van der Waals surface area contributed by atoms with Crippen molar-refractivity contribution in [2.75, 3.05) is 12.8 Å². The fourth-order valence-corrected chi connectivity index (χ4v) is 3.34. The van der Waals surface area contributed by atoms with Crippen LogP contribution in [0.4, 0.5) is 0 Å². The molecule has 0 aliphatic rings. The van der Waals surface area contributed by atoms with Crippen molar-refractivity contribution >= 4 is 29.3 Å². The number of aryl methyl sites for hydroxylation is 1. The standard InChI is InChI=1S/C19H19ClN4OS/c1-13-6-8-15(9-7-13)18-21-19(23-22-18)26-12-17(25)24(2)11-14-4-3-5-16(20)10-14/h3-10H,11-12H2,1-2H3,(H,21,22,23). The van der Waals surface area contributed by atoms with Crippen molar-refractivity contribution in [2.45, 2.75) is 18.6 Å². The number of hydrogen-bond donors (Lipinski definition) is 1. The Bertz CT molecular complexity index is 895. The molecule has 7 heteroatoms. The molecule has 0 bridgehead atoms. The minimum Gasteiger partial charge on any atom is -0.341 e. The van der Waals surface area contributed by atoms with E-state index in [-0.39, 0.29) is 11.7 Å². The average Bonchev–Trinajstić information content (AvgIpc) is 3.09. The smallest absolute Gasteiger partial charge is 0.233 e. The molecule has 0 spiro atoms. The molecule has 134 valence electrons. The molecule has 0 fully saturated rings. The van der Waals surface area contributed by atoms with Gasteiger partial charge in [-0.25, -0.2) is 4.98 Å². The lowest BCUT2D eigenvalue weighted by Gasteiger charge is -2.16. The number of benzene rings is 2. The Balaban J connectivity index is 1.55. The molecule has 0 radical (unpaired) electrons. The topological polar surface area (TPSA) is 61.9 Å². The quantitative estimate of drug-likeness (QED) is 0.645. The van der Waals surface area contributed by atoms with Gasteiger partial charge >= 0.3 is 0 Å². The van der Waals surface area contributed by atoms with Crippen LogP contribution in [0.25, 0.3) is 11.4 Å². The highest BCUT2D eigenvalue weighted by Crippen LogP contribution is 2.20. The van der Waals surface area contributed by atoms with Gasteiger partial charge in [0, 0.05) is 24.2 Å². The number of amides is 1.